The van der Waals surface area contributed by atoms with Crippen LogP contribution in [-0.4, -0.2) is 85.5 Å². The fourth-order valence-electron chi connectivity index (χ4n) is 4.81. The van der Waals surface area contributed by atoms with E-state index in [9.17, 15) is 34.2 Å². The lowest BCUT2D eigenvalue weighted by Gasteiger charge is -2.25. The second kappa shape index (κ2) is 13.6. The lowest BCUT2D eigenvalue weighted by molar-refractivity contribution is -0.143. The number of benzene rings is 1. The van der Waals surface area contributed by atoms with Crippen LogP contribution in [0.3, 0.4) is 0 Å². The number of nitrogens with zero attached hydrogens (tertiary/aromatic N) is 1. The zero-order valence-electron chi connectivity index (χ0n) is 22.2. The zero-order valence-corrected chi connectivity index (χ0v) is 22.2. The number of hydrogen-bond acceptors (Lipinski definition) is 7. The van der Waals surface area contributed by atoms with E-state index in [1.807, 2.05) is 24.3 Å². The van der Waals surface area contributed by atoms with Crippen LogP contribution >= 0.6 is 0 Å². The fourth-order valence-corrected chi connectivity index (χ4v) is 4.81. The van der Waals surface area contributed by atoms with E-state index >= 15 is 0 Å². The van der Waals surface area contributed by atoms with E-state index in [4.69, 9.17) is 0 Å². The Balaban J connectivity index is 1.53. The second-order valence-corrected chi connectivity index (χ2v) is 9.95. The third kappa shape index (κ3) is 7.91. The van der Waals surface area contributed by atoms with Gasteiger partial charge in [-0.25, -0.2) is 9.78 Å². The Hall–Kier alpha value is -4.72. The summed E-state index contributed by atoms with van der Waals surface area (Å²) in [4.78, 5) is 72.6. The number of hydrogen-bond donors (Lipinski definition) is 8. The van der Waals surface area contributed by atoms with E-state index in [1.165, 1.54) is 12.5 Å². The Labute approximate surface area is 234 Å². The van der Waals surface area contributed by atoms with Gasteiger partial charge in [-0.15, -0.1) is 0 Å². The summed E-state index contributed by atoms with van der Waals surface area (Å²) in [5, 5.41) is 30.5. The number of imidazole rings is 1. The lowest BCUT2D eigenvalue weighted by atomic mass is 10.0. The molecule has 3 amide bonds. The van der Waals surface area contributed by atoms with E-state index in [0.717, 1.165) is 22.9 Å². The van der Waals surface area contributed by atoms with Crippen LogP contribution in [0, 0.1) is 0 Å². The van der Waals surface area contributed by atoms with Crippen molar-refractivity contribution < 1.29 is 34.2 Å². The minimum atomic E-state index is -1.37. The molecular formula is C27H33N7O7. The maximum Gasteiger partial charge on any atom is 0.326 e. The van der Waals surface area contributed by atoms with E-state index < -0.39 is 54.3 Å². The molecule has 3 heterocycles. The van der Waals surface area contributed by atoms with Crippen LogP contribution in [0.25, 0.3) is 10.9 Å². The van der Waals surface area contributed by atoms with Crippen LogP contribution in [0.15, 0.2) is 43.0 Å². The summed E-state index contributed by atoms with van der Waals surface area (Å²) in [5.74, 6) is -4.43. The van der Waals surface area contributed by atoms with Crippen molar-refractivity contribution in [3.05, 3.63) is 54.2 Å². The molecule has 1 aromatic carbocycles. The molecule has 4 rings (SSSR count). The number of para-hydroxylation sites is 1. The molecule has 14 nitrogen and oxygen atoms in total. The Morgan fingerprint density at radius 1 is 0.951 bits per heavy atom. The number of amides is 3. The van der Waals surface area contributed by atoms with Crippen molar-refractivity contribution in [2.24, 2.45) is 0 Å². The molecule has 0 aliphatic carbocycles. The van der Waals surface area contributed by atoms with Crippen LogP contribution in [0.2, 0.25) is 0 Å². The number of rotatable bonds is 14. The smallest absolute Gasteiger partial charge is 0.326 e. The Morgan fingerprint density at radius 3 is 2.39 bits per heavy atom. The van der Waals surface area contributed by atoms with Crippen LogP contribution < -0.4 is 21.3 Å². The largest absolute Gasteiger partial charge is 0.481 e. The summed E-state index contributed by atoms with van der Waals surface area (Å²) < 4.78 is 0. The molecule has 14 heteroatoms. The molecule has 1 fully saturated rings. The SMILES string of the molecule is O=C(O)CCC(NC(=O)C(Cc1c[nH]c2ccccc12)NC(=O)C1CCCN1)C(=O)NC(Cc1cnc[nH]1)C(=O)O. The molecule has 4 unspecified atom stereocenters. The molecule has 3 aromatic rings. The molecule has 0 radical (unpaired) electrons. The van der Waals surface area contributed by atoms with Crippen LogP contribution in [-0.2, 0) is 36.8 Å². The summed E-state index contributed by atoms with van der Waals surface area (Å²) >= 11 is 0. The summed E-state index contributed by atoms with van der Waals surface area (Å²) in [6.07, 6.45) is 5.21. The van der Waals surface area contributed by atoms with Crippen molar-refractivity contribution in [1.82, 2.24) is 36.2 Å². The molecule has 1 saturated heterocycles. The van der Waals surface area contributed by atoms with Gasteiger partial charge >= 0.3 is 11.9 Å². The molecule has 218 valence electrons. The van der Waals surface area contributed by atoms with Crippen molar-refractivity contribution in [2.75, 3.05) is 6.54 Å². The first kappa shape index (κ1) is 29.3. The number of aromatic nitrogens is 3. The molecule has 41 heavy (non-hydrogen) atoms. The Morgan fingerprint density at radius 2 is 1.71 bits per heavy atom. The number of aromatic amines is 2. The van der Waals surface area contributed by atoms with Gasteiger partial charge in [0.05, 0.1) is 12.4 Å². The highest BCUT2D eigenvalue weighted by molar-refractivity contribution is 5.95. The molecular weight excluding hydrogens is 534 g/mol. The van der Waals surface area contributed by atoms with E-state index in [1.54, 1.807) is 6.20 Å². The zero-order chi connectivity index (χ0) is 29.4. The van der Waals surface area contributed by atoms with E-state index in [0.29, 0.717) is 18.7 Å². The molecule has 8 N–H and O–H groups in total. The minimum absolute atomic E-state index is 0.0964. The highest BCUT2D eigenvalue weighted by Gasteiger charge is 2.32. The van der Waals surface area contributed by atoms with Crippen LogP contribution in [0.4, 0.5) is 0 Å². The number of carboxylic acid groups (broad SMARTS) is 2. The van der Waals surface area contributed by atoms with Gasteiger partial charge in [-0.2, -0.15) is 0 Å². The van der Waals surface area contributed by atoms with Crippen molar-refractivity contribution >= 4 is 40.6 Å². The molecule has 0 saturated carbocycles. The average molecular weight is 568 g/mol. The summed E-state index contributed by atoms with van der Waals surface area (Å²) in [6, 6.07) is 3.20. The van der Waals surface area contributed by atoms with Gasteiger partial charge in [0.15, 0.2) is 0 Å². The first-order valence-corrected chi connectivity index (χ1v) is 13.3. The summed E-state index contributed by atoms with van der Waals surface area (Å²) in [6.45, 7) is 0.679. The van der Waals surface area contributed by atoms with Gasteiger partial charge < -0.3 is 41.4 Å². The number of carbonyl (C=O) groups is 5. The topological polar surface area (TPSA) is 218 Å². The molecule has 0 bridgehead atoms. The third-order valence-electron chi connectivity index (χ3n) is 6.98. The highest BCUT2D eigenvalue weighted by atomic mass is 16.4. The number of aliphatic carboxylic acids is 2. The number of H-pyrrole nitrogens is 2. The predicted molar refractivity (Wildman–Crippen MR) is 146 cm³/mol. The van der Waals surface area contributed by atoms with Gasteiger partial charge in [0.25, 0.3) is 0 Å². The summed E-state index contributed by atoms with van der Waals surface area (Å²) in [7, 11) is 0. The number of carbonyl (C=O) groups excluding carboxylic acids is 3. The molecule has 0 spiro atoms. The Bertz CT molecular complexity index is 1380. The Kier molecular flexibility index (Phi) is 9.68. The van der Waals surface area contributed by atoms with Crippen LogP contribution in [0.5, 0.6) is 0 Å². The van der Waals surface area contributed by atoms with Crippen molar-refractivity contribution in [2.45, 2.75) is 62.7 Å². The van der Waals surface area contributed by atoms with Gasteiger partial charge in [-0.3, -0.25) is 19.2 Å². The number of nitrogens with one attached hydrogen (secondary N) is 6. The van der Waals surface area contributed by atoms with Gasteiger partial charge in [-0.05, 0) is 37.4 Å². The molecule has 1 aliphatic rings. The lowest BCUT2D eigenvalue weighted by Crippen LogP contribution is -2.57. The van der Waals surface area contributed by atoms with Gasteiger partial charge in [0.2, 0.25) is 17.7 Å². The number of carboxylic acids is 2. The highest BCUT2D eigenvalue weighted by Crippen LogP contribution is 2.19. The normalized spacial score (nSPS) is 16.9. The molecule has 1 aliphatic heterocycles. The van der Waals surface area contributed by atoms with E-state index in [-0.39, 0.29) is 25.2 Å². The number of fused-ring (bicyclic) bond motifs is 1. The third-order valence-corrected chi connectivity index (χ3v) is 6.98. The minimum Gasteiger partial charge on any atom is -0.481 e. The fraction of sp³-hybridized carbons (Fsp3) is 0.407. The first-order chi connectivity index (χ1) is 19.7. The monoisotopic (exact) mass is 567 g/mol. The standard InChI is InChI=1S/C27H33N7O7/c35-23(36)8-7-20(25(38)34-22(27(40)41)11-16-13-28-14-31-16)32-26(39)21(33-24(37)19-6-3-9-29-19)10-15-12-30-18-5-2-1-4-17(15)18/h1-2,4-5,12-14,19-22,29-30H,3,6-11H2,(H,28,31)(H,32,39)(H,33,37)(H,34,38)(H,35,36)(H,40,41). The van der Waals surface area contributed by atoms with Crippen molar-refractivity contribution in [1.29, 1.82) is 0 Å². The van der Waals surface area contributed by atoms with Gasteiger partial charge in [0, 0.05) is 48.3 Å². The predicted octanol–water partition coefficient (Wildman–Crippen LogP) is -0.168. The maximum absolute atomic E-state index is 13.6. The second-order valence-electron chi connectivity index (χ2n) is 9.95. The average Bonchev–Trinajstić information content (AvgIpc) is 3.73. The van der Waals surface area contributed by atoms with Crippen molar-refractivity contribution in [3.8, 4) is 0 Å². The summed E-state index contributed by atoms with van der Waals surface area (Å²) in [5.41, 5.74) is 2.07. The quantitative estimate of drug-likeness (QED) is 0.129. The molecule has 2 aromatic heterocycles. The van der Waals surface area contributed by atoms with E-state index in [2.05, 4.69) is 36.2 Å². The van der Waals surface area contributed by atoms with Crippen molar-refractivity contribution in [3.63, 3.8) is 0 Å². The maximum atomic E-state index is 13.6. The van der Waals surface area contributed by atoms with Gasteiger partial charge in [0.1, 0.15) is 18.1 Å². The first-order valence-electron chi connectivity index (χ1n) is 13.3. The van der Waals surface area contributed by atoms with Gasteiger partial charge in [-0.1, -0.05) is 18.2 Å². The molecule has 4 atom stereocenters. The van der Waals surface area contributed by atoms with Crippen LogP contribution in [0.1, 0.15) is 36.9 Å².